The smallest absolute Gasteiger partial charge is 0.326 e. The lowest BCUT2D eigenvalue weighted by molar-refractivity contribution is -0.142. The lowest BCUT2D eigenvalue weighted by Crippen LogP contribution is -2.42. The van der Waals surface area contributed by atoms with Gasteiger partial charge in [0.2, 0.25) is 23.6 Å². The van der Waals surface area contributed by atoms with Crippen LogP contribution >= 0.6 is 0 Å². The van der Waals surface area contributed by atoms with Crippen molar-refractivity contribution in [2.45, 2.75) is 225 Å². The standard InChI is InChI=1S/C41H76BN7O10.C3H5BO.C2H6/c42-49-34(41(58)59)23-17-20-30-47-39(55)32(44)22-16-19-29-46-38(54)31(43)21-15-18-28-45-35(50)27-26-33(40(56)57)48-36(51)24-13-11-9-7-5-3-1-2-4-6-8-10-12-14-25-37(52)53;1-2-3(4)5;1-2/h31-34,49H,1-30,43-44H2,(H,45,50)(H,46,54)(H,47,55)(H,48,51)(H,52,53)(H,56,57)(H,58,59);2H2,1H3;1-2H3/t31-,32?,33?,34?;;/m0../s1. The molecule has 66 heavy (non-hydrogen) atoms. The van der Waals surface area contributed by atoms with E-state index in [-0.39, 0.29) is 55.0 Å². The summed E-state index contributed by atoms with van der Waals surface area (Å²) in [4.78, 5) is 91.9. The lowest BCUT2D eigenvalue weighted by atomic mass is 10.0. The number of carboxylic acids is 3. The van der Waals surface area contributed by atoms with Crippen LogP contribution in [0, 0.1) is 0 Å². The van der Waals surface area contributed by atoms with E-state index in [1.807, 2.05) is 13.8 Å². The number of unbranched alkanes of at least 4 members (excludes halogenated alkanes) is 16. The van der Waals surface area contributed by atoms with Crippen LogP contribution in [0.2, 0.25) is 0 Å². The second kappa shape index (κ2) is 47.5. The van der Waals surface area contributed by atoms with Gasteiger partial charge in [-0.1, -0.05) is 97.8 Å². The number of nitrogens with one attached hydrogen (secondary N) is 5. The van der Waals surface area contributed by atoms with E-state index in [2.05, 4.69) is 34.3 Å². The molecule has 378 valence electrons. The van der Waals surface area contributed by atoms with Crippen LogP contribution in [0.4, 0.5) is 0 Å². The van der Waals surface area contributed by atoms with E-state index in [4.69, 9.17) is 29.7 Å². The van der Waals surface area contributed by atoms with Gasteiger partial charge in [-0.2, -0.15) is 0 Å². The zero-order valence-corrected chi connectivity index (χ0v) is 40.6. The van der Waals surface area contributed by atoms with Crippen molar-refractivity contribution in [3.8, 4) is 0 Å². The summed E-state index contributed by atoms with van der Waals surface area (Å²) in [5.74, 6) is -4.15. The molecule has 4 amide bonds. The molecule has 3 unspecified atom stereocenters. The Morgan fingerprint density at radius 3 is 1.20 bits per heavy atom. The van der Waals surface area contributed by atoms with Crippen molar-refractivity contribution in [2.75, 3.05) is 19.6 Å². The second-order valence-corrected chi connectivity index (χ2v) is 16.4. The van der Waals surface area contributed by atoms with E-state index in [1.165, 1.54) is 44.9 Å². The van der Waals surface area contributed by atoms with Crippen molar-refractivity contribution in [1.82, 2.24) is 26.5 Å². The van der Waals surface area contributed by atoms with Gasteiger partial charge in [-0.3, -0.25) is 28.8 Å². The highest BCUT2D eigenvalue weighted by Crippen LogP contribution is 2.14. The number of nitrogens with two attached hydrogens (primary N) is 2. The molecule has 0 aliphatic rings. The first-order chi connectivity index (χ1) is 31.5. The molecule has 0 aromatic heterocycles. The third-order valence-electron chi connectivity index (χ3n) is 10.6. The normalized spacial score (nSPS) is 12.4. The molecule has 0 aliphatic carbocycles. The molecule has 0 saturated heterocycles. The zero-order valence-electron chi connectivity index (χ0n) is 40.6. The van der Waals surface area contributed by atoms with Gasteiger partial charge in [-0.05, 0) is 83.5 Å². The second-order valence-electron chi connectivity index (χ2n) is 16.4. The summed E-state index contributed by atoms with van der Waals surface area (Å²) in [6.45, 7) is 6.84. The molecule has 18 nitrogen and oxygen atoms in total. The third-order valence-corrected chi connectivity index (χ3v) is 10.6. The number of aliphatic carboxylic acids is 3. The number of carboxylic acid groups (broad SMARTS) is 3. The summed E-state index contributed by atoms with van der Waals surface area (Å²) in [5, 5.41) is 40.2. The van der Waals surface area contributed by atoms with Crippen molar-refractivity contribution in [1.29, 1.82) is 0 Å². The molecule has 0 saturated carbocycles. The highest BCUT2D eigenvalue weighted by Gasteiger charge is 2.21. The van der Waals surface area contributed by atoms with E-state index in [0.29, 0.717) is 90.3 Å². The molecule has 0 aliphatic heterocycles. The zero-order chi connectivity index (χ0) is 50.4. The predicted molar refractivity (Wildman–Crippen MR) is 260 cm³/mol. The maximum Gasteiger partial charge on any atom is 0.326 e. The summed E-state index contributed by atoms with van der Waals surface area (Å²) in [6, 6.07) is -3.36. The molecular weight excluding hydrogens is 848 g/mol. The van der Waals surface area contributed by atoms with Crippen LogP contribution in [0.3, 0.4) is 0 Å². The Labute approximate surface area is 398 Å². The minimum atomic E-state index is -1.18. The first-order valence-corrected chi connectivity index (χ1v) is 24.6. The Hall–Kier alpha value is -4.03. The van der Waals surface area contributed by atoms with E-state index in [1.54, 1.807) is 6.92 Å². The van der Waals surface area contributed by atoms with Crippen LogP contribution in [0.25, 0.3) is 0 Å². The van der Waals surface area contributed by atoms with Gasteiger partial charge in [0, 0.05) is 38.9 Å². The summed E-state index contributed by atoms with van der Waals surface area (Å²) < 4.78 is 0. The van der Waals surface area contributed by atoms with Crippen LogP contribution in [-0.4, -0.2) is 122 Å². The molecule has 0 fully saturated rings. The van der Waals surface area contributed by atoms with Gasteiger partial charge in [0.05, 0.1) is 23.8 Å². The van der Waals surface area contributed by atoms with Crippen LogP contribution in [0.5, 0.6) is 0 Å². The number of carbonyl (C=O) groups is 8. The fourth-order valence-corrected chi connectivity index (χ4v) is 6.48. The van der Waals surface area contributed by atoms with Gasteiger partial charge in [0.15, 0.2) is 15.8 Å². The van der Waals surface area contributed by atoms with E-state index in [9.17, 15) is 43.5 Å². The van der Waals surface area contributed by atoms with Crippen molar-refractivity contribution < 1.29 is 53.7 Å². The molecule has 0 heterocycles. The van der Waals surface area contributed by atoms with Crippen molar-refractivity contribution in [3.63, 3.8) is 0 Å². The molecule has 0 spiro atoms. The van der Waals surface area contributed by atoms with Gasteiger partial charge in [0.25, 0.3) is 0 Å². The van der Waals surface area contributed by atoms with Crippen molar-refractivity contribution in [3.05, 3.63) is 0 Å². The van der Waals surface area contributed by atoms with Crippen LogP contribution < -0.4 is 38.0 Å². The van der Waals surface area contributed by atoms with E-state index in [0.717, 1.165) is 38.5 Å². The topological polar surface area (TPSA) is 309 Å². The lowest BCUT2D eigenvalue weighted by Gasteiger charge is -2.15. The Morgan fingerprint density at radius 2 is 0.833 bits per heavy atom. The Bertz CT molecular complexity index is 1320. The largest absolute Gasteiger partial charge is 0.481 e. The number of hydrogen-bond donors (Lipinski definition) is 10. The average Bonchev–Trinajstić information content (AvgIpc) is 3.28. The van der Waals surface area contributed by atoms with E-state index >= 15 is 0 Å². The van der Waals surface area contributed by atoms with Crippen molar-refractivity contribution in [2.24, 2.45) is 11.5 Å². The van der Waals surface area contributed by atoms with Gasteiger partial charge in [0.1, 0.15) is 6.04 Å². The van der Waals surface area contributed by atoms with Gasteiger partial charge in [-0.25, -0.2) is 4.79 Å². The maximum atomic E-state index is 12.4. The third kappa shape index (κ3) is 45.1. The Kier molecular flexibility index (Phi) is 47.6. The van der Waals surface area contributed by atoms with Crippen LogP contribution in [-0.2, 0) is 38.4 Å². The quantitative estimate of drug-likeness (QED) is 0.0300. The first-order valence-electron chi connectivity index (χ1n) is 24.6. The molecule has 0 aromatic rings. The average molecular weight is 936 g/mol. The fraction of sp³-hybridized carbons (Fsp3) is 0.826. The minimum Gasteiger partial charge on any atom is -0.481 e. The number of amides is 4. The minimum absolute atomic E-state index is 0.0179. The molecule has 0 rings (SSSR count). The summed E-state index contributed by atoms with van der Waals surface area (Å²) >= 11 is 0. The molecule has 12 N–H and O–H groups in total. The molecule has 0 aromatic carbocycles. The Morgan fingerprint density at radius 1 is 0.470 bits per heavy atom. The summed E-state index contributed by atoms with van der Waals surface area (Å²) in [7, 11) is 9.85. The monoisotopic (exact) mass is 936 g/mol. The highest BCUT2D eigenvalue weighted by molar-refractivity contribution is 6.57. The van der Waals surface area contributed by atoms with Gasteiger partial charge in [-0.15, -0.1) is 0 Å². The highest BCUT2D eigenvalue weighted by atomic mass is 16.4. The van der Waals surface area contributed by atoms with Gasteiger partial charge >= 0.3 is 17.9 Å². The van der Waals surface area contributed by atoms with Crippen LogP contribution in [0.15, 0.2) is 0 Å². The number of hydrogen-bond acceptors (Lipinski definition) is 11. The molecular formula is C46H87B2N7O11. The Balaban J connectivity index is -0.00000527. The van der Waals surface area contributed by atoms with Crippen molar-refractivity contribution >= 4 is 63.0 Å². The van der Waals surface area contributed by atoms with Gasteiger partial charge < -0.3 is 58.1 Å². The maximum absolute atomic E-state index is 12.4. The van der Waals surface area contributed by atoms with Crippen LogP contribution in [0.1, 0.15) is 201 Å². The molecule has 20 heteroatoms. The number of rotatable bonds is 42. The molecule has 4 radical (unpaired) electrons. The summed E-state index contributed by atoms with van der Waals surface area (Å²) in [5.41, 5.74) is 11.7. The first kappa shape index (κ1) is 66.2. The SMILES string of the molecule is CC.[B]C(=O)CC.[B]NC(CCCCNC(=O)C(N)CCCCNC(=O)[C@@H](N)CCCCNC(=O)CCC(NC(=O)CCCCCCCCCCCCCCCCC(=O)O)C(=O)O)C(=O)O. The number of carbonyl (C=O) groups excluding carboxylic acids is 5. The molecule has 0 bridgehead atoms. The fourth-order valence-electron chi connectivity index (χ4n) is 6.48. The summed E-state index contributed by atoms with van der Waals surface area (Å²) in [6.07, 6.45) is 20.7. The predicted octanol–water partition coefficient (Wildman–Crippen LogP) is 4.42. The molecule has 4 atom stereocenters. The van der Waals surface area contributed by atoms with E-state index < -0.39 is 42.1 Å².